The lowest BCUT2D eigenvalue weighted by molar-refractivity contribution is -0.115. The minimum atomic E-state index is -4.01. The number of carbonyl (C=O) groups is 2. The second-order valence-electron chi connectivity index (χ2n) is 7.12. The number of halogens is 1. The van der Waals surface area contributed by atoms with Gasteiger partial charge in [0.25, 0.3) is 10.0 Å². The molecule has 4 N–H and O–H groups in total. The van der Waals surface area contributed by atoms with Crippen molar-refractivity contribution in [1.29, 1.82) is 0 Å². The lowest BCUT2D eigenvalue weighted by Gasteiger charge is -2.14. The Hall–Kier alpha value is -3.56. The van der Waals surface area contributed by atoms with Gasteiger partial charge in [0.2, 0.25) is 5.91 Å². The highest BCUT2D eigenvalue weighted by Gasteiger charge is 2.18. The van der Waals surface area contributed by atoms with E-state index >= 15 is 0 Å². The molecule has 0 atom stereocenters. The van der Waals surface area contributed by atoms with Gasteiger partial charge in [-0.3, -0.25) is 14.3 Å². The topological polar surface area (TPSA) is 118 Å². The first kappa shape index (κ1) is 23.1. The predicted octanol–water partition coefficient (Wildman–Crippen LogP) is 3.47. The fourth-order valence-corrected chi connectivity index (χ4v) is 4.14. The van der Waals surface area contributed by atoms with Crippen LogP contribution in [-0.2, 0) is 27.8 Å². The van der Waals surface area contributed by atoms with E-state index in [1.165, 1.54) is 61.5 Å². The molecule has 0 aliphatic heterocycles. The maximum atomic E-state index is 13.0. The molecule has 0 bridgehead atoms. The highest BCUT2D eigenvalue weighted by Crippen LogP contribution is 2.25. The molecule has 7 nitrogen and oxygen atoms in total. The van der Waals surface area contributed by atoms with Crippen LogP contribution in [0, 0.1) is 5.82 Å². The van der Waals surface area contributed by atoms with Gasteiger partial charge in [0.1, 0.15) is 5.82 Å². The van der Waals surface area contributed by atoms with E-state index in [9.17, 15) is 22.4 Å². The number of nitrogens with two attached hydrogens (primary N) is 1. The predicted molar refractivity (Wildman–Crippen MR) is 120 cm³/mol. The molecule has 166 valence electrons. The highest BCUT2D eigenvalue weighted by atomic mass is 32.2. The first-order valence-electron chi connectivity index (χ1n) is 9.69. The van der Waals surface area contributed by atoms with Gasteiger partial charge in [0.05, 0.1) is 17.0 Å². The van der Waals surface area contributed by atoms with Crippen molar-refractivity contribution in [3.63, 3.8) is 0 Å². The molecule has 0 unspecified atom stereocenters. The number of anilines is 2. The van der Waals surface area contributed by atoms with Crippen molar-refractivity contribution in [2.75, 3.05) is 10.0 Å². The third-order valence-corrected chi connectivity index (χ3v) is 6.05. The lowest BCUT2D eigenvalue weighted by atomic mass is 10.1. The number of hydrogen-bond acceptors (Lipinski definition) is 5. The summed E-state index contributed by atoms with van der Waals surface area (Å²) in [6.07, 6.45) is 0.0256. The summed E-state index contributed by atoms with van der Waals surface area (Å²) in [6, 6.07) is 16.0. The van der Waals surface area contributed by atoms with Gasteiger partial charge in [0.15, 0.2) is 5.78 Å². The Balaban J connectivity index is 1.81. The maximum absolute atomic E-state index is 13.0. The molecule has 0 radical (unpaired) electrons. The molecule has 3 rings (SSSR count). The van der Waals surface area contributed by atoms with Crippen LogP contribution < -0.4 is 15.8 Å². The second kappa shape index (κ2) is 9.71. The number of Topliss-reactive ketones (excluding diaryl/α,β-unsaturated/α-hetero) is 1. The molecular formula is C23H22FN3O4S. The normalized spacial score (nSPS) is 11.1. The van der Waals surface area contributed by atoms with Crippen LogP contribution in [0.25, 0.3) is 0 Å². The van der Waals surface area contributed by atoms with Crippen LogP contribution in [0.5, 0.6) is 0 Å². The van der Waals surface area contributed by atoms with Crippen molar-refractivity contribution in [1.82, 2.24) is 0 Å². The lowest BCUT2D eigenvalue weighted by Crippen LogP contribution is -2.17. The van der Waals surface area contributed by atoms with Crippen molar-refractivity contribution in [3.05, 3.63) is 89.2 Å². The van der Waals surface area contributed by atoms with E-state index in [-0.39, 0.29) is 40.8 Å². The number of carbonyl (C=O) groups excluding carboxylic acids is 2. The molecule has 0 aliphatic carbocycles. The average Bonchev–Trinajstić information content (AvgIpc) is 2.75. The molecule has 3 aromatic rings. The van der Waals surface area contributed by atoms with E-state index in [0.29, 0.717) is 16.8 Å². The third-order valence-electron chi connectivity index (χ3n) is 4.69. The summed E-state index contributed by atoms with van der Waals surface area (Å²) in [4.78, 5) is 23.9. The molecule has 0 fully saturated rings. The van der Waals surface area contributed by atoms with E-state index < -0.39 is 15.8 Å². The molecule has 1 amide bonds. The van der Waals surface area contributed by atoms with Crippen LogP contribution in [0.3, 0.4) is 0 Å². The van der Waals surface area contributed by atoms with Gasteiger partial charge in [0, 0.05) is 17.8 Å². The smallest absolute Gasteiger partial charge is 0.261 e. The zero-order valence-electron chi connectivity index (χ0n) is 17.3. The molecular weight excluding hydrogens is 433 g/mol. The minimum absolute atomic E-state index is 0.0256. The molecule has 3 aromatic carbocycles. The quantitative estimate of drug-likeness (QED) is 0.450. The van der Waals surface area contributed by atoms with Crippen LogP contribution in [0.4, 0.5) is 15.8 Å². The van der Waals surface area contributed by atoms with Crippen molar-refractivity contribution in [2.24, 2.45) is 5.73 Å². The Kier molecular flexibility index (Phi) is 7.01. The summed E-state index contributed by atoms with van der Waals surface area (Å²) >= 11 is 0. The number of rotatable bonds is 8. The fourth-order valence-electron chi connectivity index (χ4n) is 3.01. The Morgan fingerprint density at radius 1 is 1.00 bits per heavy atom. The molecule has 0 aliphatic rings. The van der Waals surface area contributed by atoms with E-state index in [1.54, 1.807) is 12.1 Å². The average molecular weight is 456 g/mol. The van der Waals surface area contributed by atoms with Crippen LogP contribution in [-0.4, -0.2) is 20.1 Å². The van der Waals surface area contributed by atoms with Gasteiger partial charge in [-0.05, 0) is 54.4 Å². The van der Waals surface area contributed by atoms with Gasteiger partial charge in [-0.15, -0.1) is 0 Å². The number of hydrogen-bond donors (Lipinski definition) is 3. The van der Waals surface area contributed by atoms with Crippen molar-refractivity contribution < 1.29 is 22.4 Å². The Morgan fingerprint density at radius 2 is 1.72 bits per heavy atom. The standard InChI is InChI=1S/C23H22FN3O4S/c1-15(28)17-3-2-4-21(12-17)32(30,31)27-22-13-20(10-7-18(22)14-25)26-23(29)11-16-5-8-19(24)9-6-16/h2-10,12-13,27H,11,14,25H2,1H3,(H,26,29). The number of ketones is 1. The van der Waals surface area contributed by atoms with E-state index in [4.69, 9.17) is 5.73 Å². The van der Waals surface area contributed by atoms with E-state index in [2.05, 4.69) is 10.0 Å². The van der Waals surface area contributed by atoms with Crippen molar-refractivity contribution >= 4 is 33.1 Å². The number of nitrogens with one attached hydrogen (secondary N) is 2. The molecule has 0 heterocycles. The van der Waals surface area contributed by atoms with Crippen molar-refractivity contribution in [2.45, 2.75) is 24.8 Å². The zero-order valence-corrected chi connectivity index (χ0v) is 18.1. The molecule has 32 heavy (non-hydrogen) atoms. The number of benzene rings is 3. The Morgan fingerprint density at radius 3 is 2.38 bits per heavy atom. The van der Waals surface area contributed by atoms with E-state index in [0.717, 1.165) is 0 Å². The Bertz CT molecular complexity index is 1260. The summed E-state index contributed by atoms with van der Waals surface area (Å²) in [7, 11) is -4.01. The van der Waals surface area contributed by atoms with Crippen molar-refractivity contribution in [3.8, 4) is 0 Å². The highest BCUT2D eigenvalue weighted by molar-refractivity contribution is 7.92. The minimum Gasteiger partial charge on any atom is -0.326 e. The van der Waals surface area contributed by atoms with Gasteiger partial charge < -0.3 is 11.1 Å². The summed E-state index contributed by atoms with van der Waals surface area (Å²) in [5.41, 5.74) is 7.74. The SMILES string of the molecule is CC(=O)c1cccc(S(=O)(=O)Nc2cc(NC(=O)Cc3ccc(F)cc3)ccc2CN)c1. The van der Waals surface area contributed by atoms with Crippen LogP contribution in [0.15, 0.2) is 71.6 Å². The largest absolute Gasteiger partial charge is 0.326 e. The van der Waals surface area contributed by atoms with Crippen LogP contribution in [0.1, 0.15) is 28.4 Å². The third kappa shape index (κ3) is 5.77. The summed E-state index contributed by atoms with van der Waals surface area (Å²) in [5.74, 6) is -0.993. The number of amides is 1. The first-order chi connectivity index (χ1) is 15.2. The summed E-state index contributed by atoms with van der Waals surface area (Å²) in [6.45, 7) is 1.42. The van der Waals surface area contributed by atoms with E-state index in [1.807, 2.05) is 0 Å². The Labute approximate surface area is 185 Å². The molecule has 0 spiro atoms. The number of sulfonamides is 1. The molecule has 0 saturated carbocycles. The van der Waals surface area contributed by atoms with Crippen LogP contribution in [0.2, 0.25) is 0 Å². The summed E-state index contributed by atoms with van der Waals surface area (Å²) < 4.78 is 41.2. The molecule has 0 saturated heterocycles. The van der Waals surface area contributed by atoms with Gasteiger partial charge in [-0.25, -0.2) is 12.8 Å². The first-order valence-corrected chi connectivity index (χ1v) is 11.2. The fraction of sp³-hybridized carbons (Fsp3) is 0.130. The zero-order chi connectivity index (χ0) is 23.3. The van der Waals surface area contributed by atoms with Gasteiger partial charge >= 0.3 is 0 Å². The van der Waals surface area contributed by atoms with Crippen LogP contribution >= 0.6 is 0 Å². The van der Waals surface area contributed by atoms with Gasteiger partial charge in [-0.1, -0.05) is 30.3 Å². The summed E-state index contributed by atoms with van der Waals surface area (Å²) in [5, 5.41) is 2.69. The maximum Gasteiger partial charge on any atom is 0.261 e. The second-order valence-corrected chi connectivity index (χ2v) is 8.80. The molecule has 9 heteroatoms. The monoisotopic (exact) mass is 455 g/mol. The van der Waals surface area contributed by atoms with Gasteiger partial charge in [-0.2, -0.15) is 0 Å². The molecule has 0 aromatic heterocycles.